The van der Waals surface area contributed by atoms with E-state index in [0.29, 0.717) is 6.61 Å². The molecule has 0 spiro atoms. The molecule has 1 atom stereocenters. The minimum atomic E-state index is 0.206. The fraction of sp³-hybridized carbons (Fsp3) is 0.667. The Kier molecular flexibility index (Phi) is 5.18. The summed E-state index contributed by atoms with van der Waals surface area (Å²) >= 11 is 8.59. The van der Waals surface area contributed by atoms with E-state index in [-0.39, 0.29) is 6.10 Å². The van der Waals surface area contributed by atoms with Crippen LogP contribution in [0.25, 0.3) is 0 Å². The number of thiophene rings is 1. The van der Waals surface area contributed by atoms with Gasteiger partial charge in [0.05, 0.1) is 0 Å². The van der Waals surface area contributed by atoms with Gasteiger partial charge in [0.2, 0.25) is 0 Å². The Morgan fingerprint density at radius 3 is 2.71 bits per heavy atom. The maximum absolute atomic E-state index is 5.97. The maximum Gasteiger partial charge on any atom is 0.188 e. The van der Waals surface area contributed by atoms with Crippen LogP contribution in [0.2, 0.25) is 0 Å². The van der Waals surface area contributed by atoms with Crippen LogP contribution in [0, 0.1) is 0 Å². The van der Waals surface area contributed by atoms with Gasteiger partial charge in [0.15, 0.2) is 11.5 Å². The first-order valence-corrected chi connectivity index (χ1v) is 8.39. The molecule has 0 amide bonds. The summed E-state index contributed by atoms with van der Waals surface area (Å²) in [6.45, 7) is 2.90. The molecule has 1 aliphatic heterocycles. The van der Waals surface area contributed by atoms with Gasteiger partial charge in [-0.25, -0.2) is 0 Å². The first-order chi connectivity index (χ1) is 8.22. The normalized spacial score (nSPS) is 18.4. The summed E-state index contributed by atoms with van der Waals surface area (Å²) in [5.74, 6) is 1.72. The molecule has 2 nitrogen and oxygen atoms in total. The monoisotopic (exact) mass is 382 g/mol. The van der Waals surface area contributed by atoms with Crippen LogP contribution in [0.1, 0.15) is 39.0 Å². The Bertz CT molecular complexity index is 379. The number of ether oxygens (including phenoxy) is 2. The second-order valence-electron chi connectivity index (χ2n) is 4.21. The lowest BCUT2D eigenvalue weighted by Crippen LogP contribution is -2.28. The Morgan fingerprint density at radius 2 is 1.94 bits per heavy atom. The SMILES string of the molecule is CCCCCCC1COc2c(Br)sc(Br)c2O1. The van der Waals surface area contributed by atoms with Crippen LogP contribution in [0.15, 0.2) is 7.57 Å². The van der Waals surface area contributed by atoms with E-state index < -0.39 is 0 Å². The summed E-state index contributed by atoms with van der Waals surface area (Å²) < 4.78 is 13.7. The van der Waals surface area contributed by atoms with Crippen molar-refractivity contribution in [1.82, 2.24) is 0 Å². The highest BCUT2D eigenvalue weighted by molar-refractivity contribution is 9.12. The molecule has 0 N–H and O–H groups in total. The predicted molar refractivity (Wildman–Crippen MR) is 78.4 cm³/mol. The topological polar surface area (TPSA) is 18.5 Å². The van der Waals surface area contributed by atoms with E-state index in [1.54, 1.807) is 11.3 Å². The molecule has 2 heterocycles. The van der Waals surface area contributed by atoms with E-state index in [1.807, 2.05) is 0 Å². The Morgan fingerprint density at radius 1 is 1.18 bits per heavy atom. The molecule has 0 saturated heterocycles. The largest absolute Gasteiger partial charge is 0.484 e. The lowest BCUT2D eigenvalue weighted by Gasteiger charge is -2.25. The van der Waals surface area contributed by atoms with Crippen LogP contribution in [0.4, 0.5) is 0 Å². The number of hydrogen-bond donors (Lipinski definition) is 0. The molecule has 1 aromatic rings. The number of halogens is 2. The minimum absolute atomic E-state index is 0.206. The number of unbranched alkanes of at least 4 members (excludes halogenated alkanes) is 3. The fourth-order valence-electron chi connectivity index (χ4n) is 1.89. The molecule has 1 aliphatic rings. The quantitative estimate of drug-likeness (QED) is 0.635. The van der Waals surface area contributed by atoms with Crippen LogP contribution >= 0.6 is 43.2 Å². The third-order valence-corrected chi connectivity index (χ3v) is 5.24. The van der Waals surface area contributed by atoms with Crippen LogP contribution < -0.4 is 9.47 Å². The van der Waals surface area contributed by atoms with Gasteiger partial charge in [-0.05, 0) is 44.7 Å². The van der Waals surface area contributed by atoms with Crippen molar-refractivity contribution in [3.05, 3.63) is 7.57 Å². The average Bonchev–Trinajstić information content (AvgIpc) is 2.61. The molecule has 0 aromatic carbocycles. The first kappa shape index (κ1) is 13.7. The second kappa shape index (κ2) is 6.43. The van der Waals surface area contributed by atoms with E-state index in [4.69, 9.17) is 9.47 Å². The van der Waals surface area contributed by atoms with Crippen molar-refractivity contribution in [3.63, 3.8) is 0 Å². The van der Waals surface area contributed by atoms with Gasteiger partial charge in [0, 0.05) is 0 Å². The summed E-state index contributed by atoms with van der Waals surface area (Å²) in [5, 5.41) is 0. The van der Waals surface area contributed by atoms with Gasteiger partial charge in [-0.1, -0.05) is 26.2 Å². The molecule has 2 rings (SSSR count). The lowest BCUT2D eigenvalue weighted by atomic mass is 10.1. The van der Waals surface area contributed by atoms with E-state index in [0.717, 1.165) is 25.5 Å². The lowest BCUT2D eigenvalue weighted by molar-refractivity contribution is 0.0828. The van der Waals surface area contributed by atoms with Crippen molar-refractivity contribution in [1.29, 1.82) is 0 Å². The Hall–Kier alpha value is 0.260. The van der Waals surface area contributed by atoms with E-state index in [2.05, 4.69) is 38.8 Å². The molecule has 0 saturated carbocycles. The molecule has 0 aliphatic carbocycles. The van der Waals surface area contributed by atoms with Crippen LogP contribution in [0.3, 0.4) is 0 Å². The third-order valence-electron chi connectivity index (χ3n) is 2.82. The zero-order chi connectivity index (χ0) is 12.3. The summed E-state index contributed by atoms with van der Waals surface area (Å²) in [4.78, 5) is 0. The maximum atomic E-state index is 5.97. The van der Waals surface area contributed by atoms with E-state index in [9.17, 15) is 0 Å². The van der Waals surface area contributed by atoms with Crippen LogP contribution in [0.5, 0.6) is 11.5 Å². The first-order valence-electron chi connectivity index (χ1n) is 5.99. The molecule has 5 heteroatoms. The van der Waals surface area contributed by atoms with Crippen LogP contribution in [-0.2, 0) is 0 Å². The summed E-state index contributed by atoms with van der Waals surface area (Å²) in [5.41, 5.74) is 0. The van der Waals surface area contributed by atoms with Crippen molar-refractivity contribution in [2.24, 2.45) is 0 Å². The van der Waals surface area contributed by atoms with Crippen molar-refractivity contribution in [2.75, 3.05) is 6.61 Å². The van der Waals surface area contributed by atoms with Crippen molar-refractivity contribution >= 4 is 43.2 Å². The highest BCUT2D eigenvalue weighted by Crippen LogP contribution is 2.50. The zero-order valence-corrected chi connectivity index (χ0v) is 13.8. The number of rotatable bonds is 5. The highest BCUT2D eigenvalue weighted by Gasteiger charge is 2.27. The summed E-state index contributed by atoms with van der Waals surface area (Å²) in [6, 6.07) is 0. The molecule has 1 unspecified atom stereocenters. The summed E-state index contributed by atoms with van der Waals surface area (Å²) in [6.07, 6.45) is 6.39. The Labute approximate surface area is 123 Å². The molecule has 96 valence electrons. The zero-order valence-electron chi connectivity index (χ0n) is 9.80. The van der Waals surface area contributed by atoms with Crippen molar-refractivity contribution in [2.45, 2.75) is 45.1 Å². The molecular weight excluding hydrogens is 368 g/mol. The predicted octanol–water partition coefficient (Wildman–Crippen LogP) is 5.38. The van der Waals surface area contributed by atoms with Crippen LogP contribution in [-0.4, -0.2) is 12.7 Å². The van der Waals surface area contributed by atoms with Gasteiger partial charge in [-0.2, -0.15) is 0 Å². The third kappa shape index (κ3) is 3.38. The smallest absolute Gasteiger partial charge is 0.188 e. The molecule has 0 radical (unpaired) electrons. The molecular formula is C12H16Br2O2S. The van der Waals surface area contributed by atoms with Gasteiger partial charge in [0.25, 0.3) is 0 Å². The van der Waals surface area contributed by atoms with E-state index in [1.165, 1.54) is 25.7 Å². The molecule has 17 heavy (non-hydrogen) atoms. The van der Waals surface area contributed by atoms with Crippen molar-refractivity contribution < 1.29 is 9.47 Å². The fourth-order valence-corrected chi connectivity index (χ4v) is 4.72. The van der Waals surface area contributed by atoms with E-state index >= 15 is 0 Å². The Balaban J connectivity index is 1.88. The van der Waals surface area contributed by atoms with Crippen molar-refractivity contribution in [3.8, 4) is 11.5 Å². The second-order valence-corrected chi connectivity index (χ2v) is 7.86. The van der Waals surface area contributed by atoms with Gasteiger partial charge < -0.3 is 9.47 Å². The summed E-state index contributed by atoms with van der Waals surface area (Å²) in [7, 11) is 0. The molecule has 0 fully saturated rings. The standard InChI is InChI=1S/C12H16Br2O2S/c1-2-3-4-5-6-8-7-15-9-10(16-8)12(14)17-11(9)13/h8H,2-7H2,1H3. The average molecular weight is 384 g/mol. The number of fused-ring (bicyclic) bond motifs is 1. The van der Waals surface area contributed by atoms with Gasteiger partial charge in [-0.15, -0.1) is 11.3 Å². The van der Waals surface area contributed by atoms with Gasteiger partial charge >= 0.3 is 0 Å². The minimum Gasteiger partial charge on any atom is -0.484 e. The number of hydrogen-bond acceptors (Lipinski definition) is 3. The molecule has 0 bridgehead atoms. The highest BCUT2D eigenvalue weighted by atomic mass is 79.9. The van der Waals surface area contributed by atoms with Gasteiger partial charge in [-0.3, -0.25) is 0 Å². The van der Waals surface area contributed by atoms with Gasteiger partial charge in [0.1, 0.15) is 20.3 Å². The molecule has 1 aromatic heterocycles.